The number of rotatable bonds is 6. The normalized spacial score (nSPS) is 11.5. The lowest BCUT2D eigenvalue weighted by atomic mass is 10.3. The van der Waals surface area contributed by atoms with Crippen LogP contribution >= 0.6 is 0 Å². The number of hydrogen-bond donors (Lipinski definition) is 3. The van der Waals surface area contributed by atoms with Crippen molar-refractivity contribution < 1.29 is 0 Å². The lowest BCUT2D eigenvalue weighted by Gasteiger charge is -2.18. The van der Waals surface area contributed by atoms with Crippen LogP contribution in [0, 0.1) is 0 Å². The van der Waals surface area contributed by atoms with Crippen LogP contribution in [0.5, 0.6) is 0 Å². The molecular weight excluding hydrogens is 411 g/mol. The van der Waals surface area contributed by atoms with Gasteiger partial charge in [0, 0.05) is 23.1 Å². The summed E-state index contributed by atoms with van der Waals surface area (Å²) in [5.41, 5.74) is 6.07. The first-order chi connectivity index (χ1) is 15.3. The van der Waals surface area contributed by atoms with Crippen molar-refractivity contribution in [2.75, 3.05) is 0 Å². The molecule has 3 N–H and O–H groups in total. The van der Waals surface area contributed by atoms with Gasteiger partial charge in [-0.1, -0.05) is 36.4 Å². The van der Waals surface area contributed by atoms with E-state index in [1.54, 1.807) is 0 Å². The van der Waals surface area contributed by atoms with E-state index in [1.165, 1.54) is 0 Å². The van der Waals surface area contributed by atoms with Crippen molar-refractivity contribution in [3.63, 3.8) is 0 Å². The van der Waals surface area contributed by atoms with Gasteiger partial charge in [0.1, 0.15) is 17.5 Å². The average Bonchev–Trinajstić information content (AvgIpc) is 3.48. The number of aromatic amines is 3. The number of H-pyrrole nitrogens is 3. The Kier molecular flexibility index (Phi) is 5.65. The van der Waals surface area contributed by atoms with E-state index in [0.29, 0.717) is 19.6 Å². The standard InChI is InChI=1S/C24H21N7.Mg/c1-2-8-17-16(7-1)25-22(26-17)13-31(14-23-27-18-9-3-4-10-19(18)28-23)15-24-29-20-11-5-6-12-21(20)30-24;/h1-12H,13-15H2,(H,25,26)(H,27,28)(H,29,30);. The zero-order valence-corrected chi connectivity index (χ0v) is 19.0. The molecule has 8 heteroatoms. The fourth-order valence-corrected chi connectivity index (χ4v) is 4.04. The Morgan fingerprint density at radius 2 is 0.812 bits per heavy atom. The van der Waals surface area contributed by atoms with Crippen molar-refractivity contribution in [1.29, 1.82) is 0 Å². The van der Waals surface area contributed by atoms with Crippen LogP contribution in [-0.2, 0) is 19.6 Å². The third kappa shape index (κ3) is 4.12. The number of benzene rings is 3. The number of para-hydroxylation sites is 6. The van der Waals surface area contributed by atoms with Gasteiger partial charge in [-0.25, -0.2) is 15.0 Å². The highest BCUT2D eigenvalue weighted by Gasteiger charge is 2.15. The predicted molar refractivity (Wildman–Crippen MR) is 127 cm³/mol. The highest BCUT2D eigenvalue weighted by molar-refractivity contribution is 5.76. The van der Waals surface area contributed by atoms with E-state index in [2.05, 4.69) is 38.1 Å². The summed E-state index contributed by atoms with van der Waals surface area (Å²) in [7, 11) is 0. The lowest BCUT2D eigenvalue weighted by Crippen LogP contribution is -2.24. The van der Waals surface area contributed by atoms with Gasteiger partial charge in [0.15, 0.2) is 0 Å². The molecule has 6 rings (SSSR count). The molecule has 0 aliphatic rings. The summed E-state index contributed by atoms with van der Waals surface area (Å²) in [5.74, 6) is 2.77. The summed E-state index contributed by atoms with van der Waals surface area (Å²) in [6.07, 6.45) is 0. The number of fused-ring (bicyclic) bond motifs is 3. The maximum Gasteiger partial charge on any atom is 0.121 e. The van der Waals surface area contributed by atoms with Crippen molar-refractivity contribution in [1.82, 2.24) is 34.8 Å². The van der Waals surface area contributed by atoms with Gasteiger partial charge in [0.25, 0.3) is 0 Å². The number of aromatic nitrogens is 6. The van der Waals surface area contributed by atoms with Gasteiger partial charge in [-0.05, 0) is 36.4 Å². The summed E-state index contributed by atoms with van der Waals surface area (Å²) in [4.78, 5) is 26.9. The first-order valence-corrected chi connectivity index (χ1v) is 10.3. The van der Waals surface area contributed by atoms with Gasteiger partial charge in [-0.2, -0.15) is 0 Å². The molecule has 0 bridgehead atoms. The number of imidazole rings is 3. The van der Waals surface area contributed by atoms with Crippen molar-refractivity contribution >= 4 is 56.2 Å². The summed E-state index contributed by atoms with van der Waals surface area (Å²) < 4.78 is 0. The minimum atomic E-state index is 0. The molecule has 3 heterocycles. The Morgan fingerprint density at radius 3 is 1.12 bits per heavy atom. The predicted octanol–water partition coefficient (Wildman–Crippen LogP) is 4.14. The van der Waals surface area contributed by atoms with Crippen molar-refractivity contribution in [2.45, 2.75) is 19.6 Å². The number of hydrogen-bond acceptors (Lipinski definition) is 4. The summed E-state index contributed by atoms with van der Waals surface area (Å²) in [5, 5.41) is 0. The molecule has 154 valence electrons. The molecule has 0 spiro atoms. The minimum Gasteiger partial charge on any atom is -0.341 e. The molecule has 3 aromatic heterocycles. The zero-order chi connectivity index (χ0) is 20.6. The maximum atomic E-state index is 4.76. The highest BCUT2D eigenvalue weighted by Crippen LogP contribution is 2.18. The smallest absolute Gasteiger partial charge is 0.121 e. The second kappa shape index (κ2) is 8.74. The Balaban J connectivity index is 0.00000216. The molecule has 0 unspecified atom stereocenters. The summed E-state index contributed by atoms with van der Waals surface area (Å²) >= 11 is 0. The first-order valence-electron chi connectivity index (χ1n) is 10.3. The zero-order valence-electron chi connectivity index (χ0n) is 17.5. The van der Waals surface area contributed by atoms with Gasteiger partial charge in [-0.3, -0.25) is 4.90 Å². The Hall–Kier alpha value is -3.20. The van der Waals surface area contributed by atoms with Crippen LogP contribution in [0.2, 0.25) is 0 Å². The molecule has 0 atom stereocenters. The van der Waals surface area contributed by atoms with E-state index in [1.807, 2.05) is 54.6 Å². The fraction of sp³-hybridized carbons (Fsp3) is 0.125. The highest BCUT2D eigenvalue weighted by atomic mass is 24.3. The van der Waals surface area contributed by atoms with Gasteiger partial charge < -0.3 is 15.0 Å². The molecule has 2 radical (unpaired) electrons. The quantitative estimate of drug-likeness (QED) is 0.346. The van der Waals surface area contributed by atoms with Crippen LogP contribution in [-0.4, -0.2) is 57.9 Å². The molecule has 0 aliphatic carbocycles. The van der Waals surface area contributed by atoms with Crippen LogP contribution in [0.3, 0.4) is 0 Å². The summed E-state index contributed by atoms with van der Waals surface area (Å²) in [6, 6.07) is 24.3. The van der Waals surface area contributed by atoms with Crippen LogP contribution in [0.25, 0.3) is 33.1 Å². The lowest BCUT2D eigenvalue weighted by molar-refractivity contribution is 0.232. The van der Waals surface area contributed by atoms with E-state index < -0.39 is 0 Å². The topological polar surface area (TPSA) is 89.3 Å². The van der Waals surface area contributed by atoms with Gasteiger partial charge in [-0.15, -0.1) is 0 Å². The molecule has 0 saturated carbocycles. The summed E-state index contributed by atoms with van der Waals surface area (Å²) in [6.45, 7) is 1.97. The van der Waals surface area contributed by atoms with Crippen LogP contribution in [0.1, 0.15) is 17.5 Å². The molecule has 32 heavy (non-hydrogen) atoms. The molecule has 0 saturated heterocycles. The fourth-order valence-electron chi connectivity index (χ4n) is 4.04. The number of nitrogens with zero attached hydrogens (tertiary/aromatic N) is 4. The molecule has 6 aromatic rings. The third-order valence-corrected chi connectivity index (χ3v) is 5.44. The van der Waals surface area contributed by atoms with Crippen molar-refractivity contribution in [3.05, 3.63) is 90.3 Å². The van der Waals surface area contributed by atoms with Gasteiger partial charge in [0.05, 0.1) is 52.7 Å². The Morgan fingerprint density at radius 1 is 0.500 bits per heavy atom. The van der Waals surface area contributed by atoms with Gasteiger partial charge >= 0.3 is 0 Å². The van der Waals surface area contributed by atoms with Crippen LogP contribution in [0.4, 0.5) is 0 Å². The third-order valence-electron chi connectivity index (χ3n) is 5.44. The van der Waals surface area contributed by atoms with E-state index in [0.717, 1.165) is 50.6 Å². The Bertz CT molecular complexity index is 1220. The van der Waals surface area contributed by atoms with E-state index in [-0.39, 0.29) is 23.1 Å². The second-order valence-electron chi connectivity index (χ2n) is 7.75. The second-order valence-corrected chi connectivity index (χ2v) is 7.75. The largest absolute Gasteiger partial charge is 0.341 e. The maximum absolute atomic E-state index is 4.76. The molecule has 0 amide bonds. The van der Waals surface area contributed by atoms with Crippen molar-refractivity contribution in [2.24, 2.45) is 0 Å². The molecule has 3 aromatic carbocycles. The molecule has 0 aliphatic heterocycles. The monoisotopic (exact) mass is 431 g/mol. The van der Waals surface area contributed by atoms with E-state index in [4.69, 9.17) is 15.0 Å². The van der Waals surface area contributed by atoms with Gasteiger partial charge in [0.2, 0.25) is 0 Å². The van der Waals surface area contributed by atoms with Crippen LogP contribution < -0.4 is 0 Å². The molecular formula is C24H21MgN7. The van der Waals surface area contributed by atoms with Crippen molar-refractivity contribution in [3.8, 4) is 0 Å². The first kappa shape index (κ1) is 20.7. The van der Waals surface area contributed by atoms with E-state index in [9.17, 15) is 0 Å². The Labute approximate surface area is 200 Å². The van der Waals surface area contributed by atoms with Crippen LogP contribution in [0.15, 0.2) is 72.8 Å². The minimum absolute atomic E-state index is 0. The molecule has 7 nitrogen and oxygen atoms in total. The number of nitrogens with one attached hydrogen (secondary N) is 3. The SMILES string of the molecule is [Mg].c1ccc2[nH]c(CN(Cc3nc4ccccc4[nH]3)Cc3nc4ccccc4[nH]3)nc2c1. The van der Waals surface area contributed by atoms with E-state index >= 15 is 0 Å². The molecule has 0 fully saturated rings. The average molecular weight is 432 g/mol.